The van der Waals surface area contributed by atoms with Crippen LogP contribution in [0.5, 0.6) is 0 Å². The van der Waals surface area contributed by atoms with E-state index >= 15 is 0 Å². The van der Waals surface area contributed by atoms with Crippen molar-refractivity contribution >= 4 is 5.97 Å². The van der Waals surface area contributed by atoms with Crippen LogP contribution in [0.15, 0.2) is 23.8 Å². The maximum atomic E-state index is 11.0. The van der Waals surface area contributed by atoms with Crippen molar-refractivity contribution in [3.8, 4) is 0 Å². The molecule has 92 valence electrons. The van der Waals surface area contributed by atoms with E-state index in [2.05, 4.69) is 26.8 Å². The molecule has 0 spiro atoms. The first-order valence-corrected chi connectivity index (χ1v) is 5.99. The normalized spacial score (nSPS) is 12.5. The quantitative estimate of drug-likeness (QED) is 0.373. The van der Waals surface area contributed by atoms with Crippen LogP contribution in [0.25, 0.3) is 0 Å². The van der Waals surface area contributed by atoms with Gasteiger partial charge in [-0.1, -0.05) is 24.6 Å². The zero-order valence-electron chi connectivity index (χ0n) is 11.0. The SMILES string of the molecule is CC=CC(=O)OCCC(C)CCC=C(C)C. The second-order valence-corrected chi connectivity index (χ2v) is 4.42. The molecule has 16 heavy (non-hydrogen) atoms. The minimum absolute atomic E-state index is 0.237. The van der Waals surface area contributed by atoms with Crippen molar-refractivity contribution in [2.24, 2.45) is 5.92 Å². The lowest BCUT2D eigenvalue weighted by Gasteiger charge is -2.09. The van der Waals surface area contributed by atoms with Crippen LogP contribution in [0.2, 0.25) is 0 Å². The maximum Gasteiger partial charge on any atom is 0.330 e. The third-order valence-corrected chi connectivity index (χ3v) is 2.37. The molecule has 0 aromatic heterocycles. The Kier molecular flexibility index (Phi) is 8.59. The highest BCUT2D eigenvalue weighted by Crippen LogP contribution is 2.11. The number of esters is 1. The van der Waals surface area contributed by atoms with E-state index in [1.54, 1.807) is 6.08 Å². The molecule has 1 atom stereocenters. The molecule has 0 heterocycles. The third-order valence-electron chi connectivity index (χ3n) is 2.37. The first-order valence-electron chi connectivity index (χ1n) is 5.99. The summed E-state index contributed by atoms with van der Waals surface area (Å²) in [5.74, 6) is 0.369. The number of hydrogen-bond donors (Lipinski definition) is 0. The monoisotopic (exact) mass is 224 g/mol. The summed E-state index contributed by atoms with van der Waals surface area (Å²) in [5, 5.41) is 0. The van der Waals surface area contributed by atoms with Crippen molar-refractivity contribution in [3.63, 3.8) is 0 Å². The zero-order valence-corrected chi connectivity index (χ0v) is 11.0. The molecule has 0 aliphatic rings. The Morgan fingerprint density at radius 1 is 1.31 bits per heavy atom. The number of ether oxygens (including phenoxy) is 1. The molecule has 0 fully saturated rings. The Hall–Kier alpha value is -1.05. The van der Waals surface area contributed by atoms with Gasteiger partial charge < -0.3 is 4.74 Å². The number of hydrogen-bond acceptors (Lipinski definition) is 2. The van der Waals surface area contributed by atoms with Gasteiger partial charge in [0.2, 0.25) is 0 Å². The summed E-state index contributed by atoms with van der Waals surface area (Å²) in [6, 6.07) is 0. The zero-order chi connectivity index (χ0) is 12.4. The van der Waals surface area contributed by atoms with Gasteiger partial charge in [-0.2, -0.15) is 0 Å². The third kappa shape index (κ3) is 9.50. The minimum atomic E-state index is -0.237. The van der Waals surface area contributed by atoms with Crippen LogP contribution in [0.3, 0.4) is 0 Å². The average molecular weight is 224 g/mol. The second kappa shape index (κ2) is 9.20. The molecule has 0 amide bonds. The molecule has 0 bridgehead atoms. The van der Waals surface area contributed by atoms with Gasteiger partial charge in [0.15, 0.2) is 0 Å². The Balaban J connectivity index is 3.54. The fourth-order valence-electron chi connectivity index (χ4n) is 1.35. The summed E-state index contributed by atoms with van der Waals surface area (Å²) in [6.07, 6.45) is 8.62. The van der Waals surface area contributed by atoms with Gasteiger partial charge in [0.25, 0.3) is 0 Å². The fourth-order valence-corrected chi connectivity index (χ4v) is 1.35. The first-order chi connectivity index (χ1) is 7.56. The van der Waals surface area contributed by atoms with Crippen LogP contribution in [-0.2, 0) is 9.53 Å². The summed E-state index contributed by atoms with van der Waals surface area (Å²) in [6.45, 7) is 8.76. The van der Waals surface area contributed by atoms with Crippen LogP contribution < -0.4 is 0 Å². The topological polar surface area (TPSA) is 26.3 Å². The van der Waals surface area contributed by atoms with Crippen LogP contribution in [0, 0.1) is 5.92 Å². The van der Waals surface area contributed by atoms with Crippen LogP contribution in [-0.4, -0.2) is 12.6 Å². The second-order valence-electron chi connectivity index (χ2n) is 4.42. The van der Waals surface area contributed by atoms with E-state index in [1.165, 1.54) is 11.6 Å². The lowest BCUT2D eigenvalue weighted by molar-refractivity contribution is -0.138. The number of rotatable bonds is 7. The van der Waals surface area contributed by atoms with E-state index in [1.807, 2.05) is 6.92 Å². The first kappa shape index (κ1) is 14.9. The van der Waals surface area contributed by atoms with Crippen molar-refractivity contribution in [1.82, 2.24) is 0 Å². The summed E-state index contributed by atoms with van der Waals surface area (Å²) >= 11 is 0. The van der Waals surface area contributed by atoms with Crippen molar-refractivity contribution in [2.75, 3.05) is 6.61 Å². The lowest BCUT2D eigenvalue weighted by atomic mass is 10.0. The molecule has 0 radical (unpaired) electrons. The molecular formula is C14H24O2. The van der Waals surface area contributed by atoms with Gasteiger partial charge in [-0.3, -0.25) is 0 Å². The minimum Gasteiger partial charge on any atom is -0.463 e. The van der Waals surface area contributed by atoms with Crippen molar-refractivity contribution < 1.29 is 9.53 Å². The van der Waals surface area contributed by atoms with E-state index in [-0.39, 0.29) is 5.97 Å². The van der Waals surface area contributed by atoms with Gasteiger partial charge >= 0.3 is 5.97 Å². The molecule has 0 saturated heterocycles. The van der Waals surface area contributed by atoms with Crippen LogP contribution in [0.4, 0.5) is 0 Å². The standard InChI is InChI=1S/C14H24O2/c1-5-7-14(15)16-11-10-13(4)9-6-8-12(2)3/h5,7-8,13H,6,9-11H2,1-4H3. The van der Waals surface area contributed by atoms with Gasteiger partial charge in [0.1, 0.15) is 0 Å². The molecule has 0 N–H and O–H groups in total. The van der Waals surface area contributed by atoms with Gasteiger partial charge in [-0.15, -0.1) is 0 Å². The summed E-state index contributed by atoms with van der Waals surface area (Å²) < 4.78 is 5.04. The molecule has 2 nitrogen and oxygen atoms in total. The number of allylic oxidation sites excluding steroid dienone is 3. The summed E-state index contributed by atoms with van der Waals surface area (Å²) in [4.78, 5) is 11.0. The Labute approximate surface area is 99.4 Å². The molecule has 0 aliphatic heterocycles. The molecule has 0 aromatic rings. The summed E-state index contributed by atoms with van der Waals surface area (Å²) in [7, 11) is 0. The van der Waals surface area contributed by atoms with Gasteiger partial charge in [0.05, 0.1) is 6.61 Å². The highest BCUT2D eigenvalue weighted by atomic mass is 16.5. The van der Waals surface area contributed by atoms with Crippen molar-refractivity contribution in [3.05, 3.63) is 23.8 Å². The Morgan fingerprint density at radius 3 is 2.56 bits per heavy atom. The van der Waals surface area contributed by atoms with Crippen molar-refractivity contribution in [2.45, 2.75) is 47.0 Å². The fraction of sp³-hybridized carbons (Fsp3) is 0.643. The van der Waals surface area contributed by atoms with E-state index in [0.29, 0.717) is 12.5 Å². The van der Waals surface area contributed by atoms with E-state index < -0.39 is 0 Å². The van der Waals surface area contributed by atoms with Gasteiger partial charge in [0, 0.05) is 6.08 Å². The van der Waals surface area contributed by atoms with E-state index in [9.17, 15) is 4.79 Å². The average Bonchev–Trinajstić information content (AvgIpc) is 2.17. The van der Waals surface area contributed by atoms with Gasteiger partial charge in [-0.05, 0) is 46.0 Å². The molecule has 1 unspecified atom stereocenters. The molecular weight excluding hydrogens is 200 g/mol. The van der Waals surface area contributed by atoms with E-state index in [4.69, 9.17) is 4.74 Å². The highest BCUT2D eigenvalue weighted by molar-refractivity contribution is 5.81. The molecule has 2 heteroatoms. The highest BCUT2D eigenvalue weighted by Gasteiger charge is 2.02. The molecule has 0 aliphatic carbocycles. The van der Waals surface area contributed by atoms with Crippen molar-refractivity contribution in [1.29, 1.82) is 0 Å². The Morgan fingerprint density at radius 2 is 2.00 bits per heavy atom. The number of carbonyl (C=O) groups excluding carboxylic acids is 1. The predicted molar refractivity (Wildman–Crippen MR) is 68.2 cm³/mol. The maximum absolute atomic E-state index is 11.0. The smallest absolute Gasteiger partial charge is 0.330 e. The predicted octanol–water partition coefficient (Wildman–Crippen LogP) is 3.88. The van der Waals surface area contributed by atoms with Gasteiger partial charge in [-0.25, -0.2) is 4.79 Å². The van der Waals surface area contributed by atoms with Crippen LogP contribution in [0.1, 0.15) is 47.0 Å². The number of carbonyl (C=O) groups is 1. The summed E-state index contributed by atoms with van der Waals surface area (Å²) in [5.41, 5.74) is 1.37. The molecule has 0 rings (SSSR count). The molecule has 0 aromatic carbocycles. The Bertz CT molecular complexity index is 247. The van der Waals surface area contributed by atoms with Crippen LogP contribution >= 0.6 is 0 Å². The lowest BCUT2D eigenvalue weighted by Crippen LogP contribution is -2.06. The molecule has 0 saturated carbocycles. The largest absolute Gasteiger partial charge is 0.463 e. The van der Waals surface area contributed by atoms with E-state index in [0.717, 1.165) is 19.3 Å².